The van der Waals surface area contributed by atoms with Crippen molar-refractivity contribution in [2.45, 2.75) is 39.0 Å². The van der Waals surface area contributed by atoms with E-state index in [0.29, 0.717) is 18.9 Å². The summed E-state index contributed by atoms with van der Waals surface area (Å²) in [5.74, 6) is 0.764. The Labute approximate surface area is 162 Å². The van der Waals surface area contributed by atoms with E-state index < -0.39 is 8.07 Å². The zero-order chi connectivity index (χ0) is 19.3. The maximum atomic E-state index is 9.49. The predicted octanol–water partition coefficient (Wildman–Crippen LogP) is 5.40. The summed E-state index contributed by atoms with van der Waals surface area (Å²) < 4.78 is 13.8. The first kappa shape index (κ1) is 19.2. The fraction of sp³-hybridized carbons (Fsp3) is 0.318. The van der Waals surface area contributed by atoms with E-state index in [0.717, 1.165) is 34.9 Å². The Morgan fingerprint density at radius 3 is 2.56 bits per heavy atom. The van der Waals surface area contributed by atoms with Crippen molar-refractivity contribution in [1.82, 2.24) is 4.57 Å². The second kappa shape index (κ2) is 8.42. The molecule has 140 valence electrons. The molecule has 0 aliphatic rings. The molecule has 0 aliphatic carbocycles. The van der Waals surface area contributed by atoms with Gasteiger partial charge in [0.2, 0.25) is 0 Å². The lowest BCUT2D eigenvalue weighted by atomic mass is 10.2. The number of rotatable bonds is 8. The first-order valence-electron chi connectivity index (χ1n) is 9.24. The van der Waals surface area contributed by atoms with Gasteiger partial charge in [0.05, 0.1) is 11.1 Å². The molecule has 0 spiro atoms. The monoisotopic (exact) mass is 378 g/mol. The fourth-order valence-electron chi connectivity index (χ4n) is 2.84. The van der Waals surface area contributed by atoms with Crippen LogP contribution in [0, 0.1) is 11.3 Å². The minimum Gasteiger partial charge on any atom is -0.489 e. The van der Waals surface area contributed by atoms with Crippen LogP contribution in [0.15, 0.2) is 54.7 Å². The molecule has 0 saturated carbocycles. The highest BCUT2D eigenvalue weighted by Crippen LogP contribution is 2.26. The SMILES string of the molecule is C[Si](C)(C)CCOCn1cc(C#N)c2cc(OCc3ccccc3)ccc21. The highest BCUT2D eigenvalue weighted by atomic mass is 28.3. The predicted molar refractivity (Wildman–Crippen MR) is 112 cm³/mol. The van der Waals surface area contributed by atoms with Crippen molar-refractivity contribution >= 4 is 19.0 Å². The average molecular weight is 379 g/mol. The zero-order valence-electron chi connectivity index (χ0n) is 16.2. The first-order chi connectivity index (χ1) is 13.0. The van der Waals surface area contributed by atoms with E-state index in [2.05, 4.69) is 25.7 Å². The maximum Gasteiger partial charge on any atom is 0.122 e. The van der Waals surface area contributed by atoms with Gasteiger partial charge in [-0.25, -0.2) is 0 Å². The van der Waals surface area contributed by atoms with Gasteiger partial charge in [-0.3, -0.25) is 0 Å². The molecule has 0 N–H and O–H groups in total. The third-order valence-corrected chi connectivity index (χ3v) is 6.15. The maximum absolute atomic E-state index is 9.49. The molecule has 3 rings (SSSR count). The molecule has 0 aliphatic heterocycles. The van der Waals surface area contributed by atoms with Crippen molar-refractivity contribution in [3.05, 3.63) is 65.9 Å². The Balaban J connectivity index is 1.71. The van der Waals surface area contributed by atoms with E-state index in [4.69, 9.17) is 9.47 Å². The van der Waals surface area contributed by atoms with Crippen LogP contribution in [-0.4, -0.2) is 19.2 Å². The summed E-state index contributed by atoms with van der Waals surface area (Å²) in [6.07, 6.45) is 1.86. The van der Waals surface area contributed by atoms with E-state index in [9.17, 15) is 5.26 Å². The van der Waals surface area contributed by atoms with Gasteiger partial charge in [0, 0.05) is 26.3 Å². The number of fused-ring (bicyclic) bond motifs is 1. The quantitative estimate of drug-likeness (QED) is 0.389. The van der Waals surface area contributed by atoms with Gasteiger partial charge in [-0.2, -0.15) is 5.26 Å². The van der Waals surface area contributed by atoms with Crippen molar-refractivity contribution in [2.24, 2.45) is 0 Å². The summed E-state index contributed by atoms with van der Waals surface area (Å²) in [4.78, 5) is 0. The number of ether oxygens (including phenoxy) is 2. The summed E-state index contributed by atoms with van der Waals surface area (Å²) in [6.45, 7) is 8.75. The number of hydrogen-bond donors (Lipinski definition) is 0. The van der Waals surface area contributed by atoms with Gasteiger partial charge in [-0.1, -0.05) is 50.0 Å². The van der Waals surface area contributed by atoms with Crippen LogP contribution in [0.2, 0.25) is 25.7 Å². The normalized spacial score (nSPS) is 11.5. The number of hydrogen-bond acceptors (Lipinski definition) is 3. The molecule has 0 bridgehead atoms. The van der Waals surface area contributed by atoms with Gasteiger partial charge >= 0.3 is 0 Å². The standard InChI is InChI=1S/C22H26N2O2Si/c1-27(2,3)12-11-25-17-24-15-19(14-23)21-13-20(9-10-22(21)24)26-16-18-7-5-4-6-8-18/h4-10,13,15H,11-12,16-17H2,1-3H3. The number of aromatic nitrogens is 1. The van der Waals surface area contributed by atoms with Crippen LogP contribution in [-0.2, 0) is 18.1 Å². The van der Waals surface area contributed by atoms with Crippen LogP contribution in [0.4, 0.5) is 0 Å². The first-order valence-corrected chi connectivity index (χ1v) is 12.9. The van der Waals surface area contributed by atoms with Crippen LogP contribution in [0.5, 0.6) is 5.75 Å². The molecule has 0 amide bonds. The molecule has 27 heavy (non-hydrogen) atoms. The number of nitrogens with zero attached hydrogens (tertiary/aromatic N) is 2. The lowest BCUT2D eigenvalue weighted by Crippen LogP contribution is -2.21. The van der Waals surface area contributed by atoms with E-state index in [1.807, 2.05) is 59.3 Å². The third kappa shape index (κ3) is 5.22. The Morgan fingerprint density at radius 2 is 1.85 bits per heavy atom. The molecule has 5 heteroatoms. The molecule has 3 aromatic rings. The Hall–Kier alpha value is -2.55. The smallest absolute Gasteiger partial charge is 0.122 e. The van der Waals surface area contributed by atoms with E-state index in [1.54, 1.807) is 0 Å². The van der Waals surface area contributed by atoms with Crippen LogP contribution in [0.25, 0.3) is 10.9 Å². The van der Waals surface area contributed by atoms with Crippen LogP contribution >= 0.6 is 0 Å². The lowest BCUT2D eigenvalue weighted by Gasteiger charge is -2.15. The van der Waals surface area contributed by atoms with Gasteiger partial charge in [0.25, 0.3) is 0 Å². The van der Waals surface area contributed by atoms with Crippen LogP contribution < -0.4 is 4.74 Å². The van der Waals surface area contributed by atoms with Crippen molar-refractivity contribution < 1.29 is 9.47 Å². The molecule has 0 unspecified atom stereocenters. The summed E-state index contributed by atoms with van der Waals surface area (Å²) >= 11 is 0. The summed E-state index contributed by atoms with van der Waals surface area (Å²) in [7, 11) is -1.10. The van der Waals surface area contributed by atoms with Crippen molar-refractivity contribution in [3.8, 4) is 11.8 Å². The topological polar surface area (TPSA) is 47.2 Å². The third-order valence-electron chi connectivity index (χ3n) is 4.45. The molecular weight excluding hydrogens is 352 g/mol. The molecule has 0 saturated heterocycles. The average Bonchev–Trinajstić information content (AvgIpc) is 3.01. The Morgan fingerprint density at radius 1 is 1.07 bits per heavy atom. The van der Waals surface area contributed by atoms with Gasteiger partial charge < -0.3 is 14.0 Å². The van der Waals surface area contributed by atoms with Gasteiger partial charge in [-0.15, -0.1) is 0 Å². The molecule has 1 heterocycles. The van der Waals surface area contributed by atoms with Crippen molar-refractivity contribution in [2.75, 3.05) is 6.61 Å². The van der Waals surface area contributed by atoms with Gasteiger partial charge in [-0.05, 0) is 29.8 Å². The zero-order valence-corrected chi connectivity index (χ0v) is 17.2. The van der Waals surface area contributed by atoms with Gasteiger partial charge in [0.1, 0.15) is 25.2 Å². The molecule has 0 fully saturated rings. The molecule has 0 atom stereocenters. The van der Waals surface area contributed by atoms with Crippen molar-refractivity contribution in [1.29, 1.82) is 5.26 Å². The van der Waals surface area contributed by atoms with E-state index in [1.165, 1.54) is 0 Å². The van der Waals surface area contributed by atoms with Crippen LogP contribution in [0.1, 0.15) is 11.1 Å². The molecule has 2 aromatic carbocycles. The molecule has 0 radical (unpaired) electrons. The molecule has 4 nitrogen and oxygen atoms in total. The van der Waals surface area contributed by atoms with Gasteiger partial charge in [0.15, 0.2) is 0 Å². The number of nitriles is 1. The fourth-order valence-corrected chi connectivity index (χ4v) is 3.60. The summed E-state index contributed by atoms with van der Waals surface area (Å²) in [6, 6.07) is 19.4. The second-order valence-electron chi connectivity index (χ2n) is 7.93. The van der Waals surface area contributed by atoms with E-state index >= 15 is 0 Å². The highest BCUT2D eigenvalue weighted by molar-refractivity contribution is 6.76. The largest absolute Gasteiger partial charge is 0.489 e. The molecular formula is C22H26N2O2Si. The second-order valence-corrected chi connectivity index (χ2v) is 13.5. The summed E-state index contributed by atoms with van der Waals surface area (Å²) in [5.41, 5.74) is 2.75. The minimum absolute atomic E-state index is 0.465. The Bertz CT molecular complexity index is 937. The lowest BCUT2D eigenvalue weighted by molar-refractivity contribution is 0.0902. The Kier molecular flexibility index (Phi) is 6.00. The number of benzene rings is 2. The minimum atomic E-state index is -1.10. The summed E-state index contributed by atoms with van der Waals surface area (Å²) in [5, 5.41) is 10.4. The van der Waals surface area contributed by atoms with Crippen molar-refractivity contribution in [3.63, 3.8) is 0 Å². The molecule has 1 aromatic heterocycles. The highest BCUT2D eigenvalue weighted by Gasteiger charge is 2.13. The van der Waals surface area contributed by atoms with E-state index in [-0.39, 0.29) is 0 Å². The van der Waals surface area contributed by atoms with Crippen LogP contribution in [0.3, 0.4) is 0 Å².